The lowest BCUT2D eigenvalue weighted by molar-refractivity contribution is 0.0681. The van der Waals surface area contributed by atoms with E-state index in [1.54, 1.807) is 12.1 Å². The molecule has 1 amide bonds. The summed E-state index contributed by atoms with van der Waals surface area (Å²) in [6.07, 6.45) is 0. The maximum atomic E-state index is 12.5. The number of hydrogen-bond donors (Lipinski definition) is 0. The molecule has 0 saturated carbocycles. The molecule has 1 aromatic rings. The van der Waals surface area contributed by atoms with E-state index in [4.69, 9.17) is 11.6 Å². The number of nitrogens with zero attached hydrogens (tertiary/aromatic N) is 2. The number of pyridine rings is 1. The van der Waals surface area contributed by atoms with E-state index < -0.39 is 0 Å². The number of carbonyl (C=O) groups is 1. The first-order valence-electron chi connectivity index (χ1n) is 6.26. The maximum Gasteiger partial charge on any atom is 0.254 e. The van der Waals surface area contributed by atoms with Crippen LogP contribution in [-0.4, -0.2) is 28.4 Å². The van der Waals surface area contributed by atoms with Crippen LogP contribution >= 0.6 is 11.6 Å². The van der Waals surface area contributed by atoms with Crippen LogP contribution in [0.3, 0.4) is 0 Å². The van der Waals surface area contributed by atoms with Gasteiger partial charge in [0.1, 0.15) is 5.15 Å². The van der Waals surface area contributed by atoms with Crippen LogP contribution in [0.5, 0.6) is 0 Å². The molecule has 1 rings (SSSR count). The Morgan fingerprint density at radius 3 is 2.39 bits per heavy atom. The van der Waals surface area contributed by atoms with Gasteiger partial charge in [-0.15, -0.1) is 0 Å². The third-order valence-electron chi connectivity index (χ3n) is 2.62. The summed E-state index contributed by atoms with van der Waals surface area (Å²) in [5.41, 5.74) is 1.38. The van der Waals surface area contributed by atoms with Crippen molar-refractivity contribution >= 4 is 17.5 Å². The summed E-state index contributed by atoms with van der Waals surface area (Å²) >= 11 is 5.90. The van der Waals surface area contributed by atoms with Crippen molar-refractivity contribution in [1.82, 2.24) is 9.88 Å². The fraction of sp³-hybridized carbons (Fsp3) is 0.571. The molecule has 18 heavy (non-hydrogen) atoms. The summed E-state index contributed by atoms with van der Waals surface area (Å²) < 4.78 is 0. The van der Waals surface area contributed by atoms with Crippen LogP contribution in [0.2, 0.25) is 5.15 Å². The van der Waals surface area contributed by atoms with Crippen molar-refractivity contribution in [3.05, 3.63) is 28.5 Å². The number of rotatable bonds is 4. The molecule has 3 nitrogen and oxygen atoms in total. The highest BCUT2D eigenvalue weighted by Crippen LogP contribution is 2.15. The fourth-order valence-electron chi connectivity index (χ4n) is 1.84. The average Bonchev–Trinajstić information content (AvgIpc) is 2.23. The van der Waals surface area contributed by atoms with Gasteiger partial charge in [0.2, 0.25) is 0 Å². The minimum atomic E-state index is 0.0195. The molecule has 0 aliphatic rings. The summed E-state index contributed by atoms with van der Waals surface area (Å²) in [5.74, 6) is 0.459. The molecule has 0 N–H and O–H groups in total. The lowest BCUT2D eigenvalue weighted by Gasteiger charge is -2.28. The van der Waals surface area contributed by atoms with Crippen LogP contribution < -0.4 is 0 Å². The van der Waals surface area contributed by atoms with Crippen LogP contribution in [0.25, 0.3) is 0 Å². The van der Waals surface area contributed by atoms with Crippen molar-refractivity contribution in [2.75, 3.05) is 6.54 Å². The Labute approximate surface area is 114 Å². The molecule has 0 spiro atoms. The molecule has 0 unspecified atom stereocenters. The Balaban J connectivity index is 3.01. The number of aromatic nitrogens is 1. The number of hydrogen-bond acceptors (Lipinski definition) is 2. The molecule has 0 aliphatic carbocycles. The second kappa shape index (κ2) is 6.19. The number of halogens is 1. The molecule has 0 saturated heterocycles. The van der Waals surface area contributed by atoms with E-state index in [9.17, 15) is 4.79 Å². The Hall–Kier alpha value is -1.09. The summed E-state index contributed by atoms with van der Waals surface area (Å²) in [7, 11) is 0. The van der Waals surface area contributed by atoms with Gasteiger partial charge >= 0.3 is 0 Å². The van der Waals surface area contributed by atoms with Crippen molar-refractivity contribution in [3.8, 4) is 0 Å². The lowest BCUT2D eigenvalue weighted by Crippen LogP contribution is -2.39. The largest absolute Gasteiger partial charge is 0.336 e. The standard InChI is InChI=1S/C14H21ClN2O/c1-9(2)8-17(10(3)4)14(18)12-6-11(5)16-13(15)7-12/h6-7,9-10H,8H2,1-5H3. The highest BCUT2D eigenvalue weighted by Gasteiger charge is 2.20. The van der Waals surface area contributed by atoms with Gasteiger partial charge in [0.05, 0.1) is 0 Å². The van der Waals surface area contributed by atoms with E-state index in [0.717, 1.165) is 12.2 Å². The monoisotopic (exact) mass is 268 g/mol. The van der Waals surface area contributed by atoms with Crippen molar-refractivity contribution in [1.29, 1.82) is 0 Å². The van der Waals surface area contributed by atoms with Gasteiger partial charge in [-0.1, -0.05) is 25.4 Å². The summed E-state index contributed by atoms with van der Waals surface area (Å²) in [5, 5.41) is 0.367. The van der Waals surface area contributed by atoms with E-state index in [-0.39, 0.29) is 11.9 Å². The number of amides is 1. The fourth-order valence-corrected chi connectivity index (χ4v) is 2.09. The summed E-state index contributed by atoms with van der Waals surface area (Å²) in [6.45, 7) is 10.8. The second-order valence-corrected chi connectivity index (χ2v) is 5.65. The van der Waals surface area contributed by atoms with Crippen LogP contribution in [0, 0.1) is 12.8 Å². The van der Waals surface area contributed by atoms with Gasteiger partial charge in [0.15, 0.2) is 0 Å². The first-order chi connectivity index (χ1) is 8.31. The molecular formula is C14H21ClN2O. The summed E-state index contributed by atoms with van der Waals surface area (Å²) in [6, 6.07) is 3.59. The van der Waals surface area contributed by atoms with Crippen molar-refractivity contribution < 1.29 is 4.79 Å². The third kappa shape index (κ3) is 3.98. The smallest absolute Gasteiger partial charge is 0.254 e. The second-order valence-electron chi connectivity index (χ2n) is 5.27. The Kier molecular flexibility index (Phi) is 5.15. The van der Waals surface area contributed by atoms with Gasteiger partial charge in [0, 0.05) is 23.8 Å². The van der Waals surface area contributed by atoms with Gasteiger partial charge in [-0.3, -0.25) is 4.79 Å². The predicted molar refractivity (Wildman–Crippen MR) is 75.0 cm³/mol. The Morgan fingerprint density at radius 1 is 1.33 bits per heavy atom. The molecule has 4 heteroatoms. The lowest BCUT2D eigenvalue weighted by atomic mass is 10.1. The quantitative estimate of drug-likeness (QED) is 0.783. The molecule has 1 aromatic heterocycles. The highest BCUT2D eigenvalue weighted by atomic mass is 35.5. The number of aryl methyl sites for hydroxylation is 1. The van der Waals surface area contributed by atoms with Gasteiger partial charge in [0.25, 0.3) is 5.91 Å². The molecular weight excluding hydrogens is 248 g/mol. The summed E-state index contributed by atoms with van der Waals surface area (Å²) in [4.78, 5) is 18.4. The molecule has 0 aliphatic heterocycles. The molecule has 0 fully saturated rings. The van der Waals surface area contributed by atoms with Crippen molar-refractivity contribution in [3.63, 3.8) is 0 Å². The minimum Gasteiger partial charge on any atom is -0.336 e. The average molecular weight is 269 g/mol. The van der Waals surface area contributed by atoms with Crippen molar-refractivity contribution in [2.45, 2.75) is 40.7 Å². The van der Waals surface area contributed by atoms with E-state index in [1.807, 2.05) is 25.7 Å². The first-order valence-corrected chi connectivity index (χ1v) is 6.64. The van der Waals surface area contributed by atoms with Gasteiger partial charge in [-0.2, -0.15) is 0 Å². The van der Waals surface area contributed by atoms with Crippen LogP contribution in [-0.2, 0) is 0 Å². The van der Waals surface area contributed by atoms with Gasteiger partial charge in [-0.25, -0.2) is 4.98 Å². The van der Waals surface area contributed by atoms with E-state index in [1.165, 1.54) is 0 Å². The van der Waals surface area contributed by atoms with Crippen molar-refractivity contribution in [2.24, 2.45) is 5.92 Å². The van der Waals surface area contributed by atoms with Crippen LogP contribution in [0.1, 0.15) is 43.7 Å². The SMILES string of the molecule is Cc1cc(C(=O)N(CC(C)C)C(C)C)cc(Cl)n1. The first kappa shape index (κ1) is 15.0. The maximum absolute atomic E-state index is 12.5. The molecule has 1 heterocycles. The molecule has 100 valence electrons. The van der Waals surface area contributed by atoms with Gasteiger partial charge in [-0.05, 0) is 38.8 Å². The van der Waals surface area contributed by atoms with E-state index in [2.05, 4.69) is 18.8 Å². The van der Waals surface area contributed by atoms with Crippen LogP contribution in [0.15, 0.2) is 12.1 Å². The predicted octanol–water partition coefficient (Wildman–Crippen LogP) is 3.55. The zero-order valence-electron chi connectivity index (χ0n) is 11.7. The molecule has 0 bridgehead atoms. The Bertz CT molecular complexity index is 410. The van der Waals surface area contributed by atoms with E-state index in [0.29, 0.717) is 16.6 Å². The van der Waals surface area contributed by atoms with Crippen LogP contribution in [0.4, 0.5) is 0 Å². The topological polar surface area (TPSA) is 33.2 Å². The normalized spacial score (nSPS) is 11.1. The molecule has 0 aromatic carbocycles. The third-order valence-corrected chi connectivity index (χ3v) is 2.81. The molecule has 0 radical (unpaired) electrons. The minimum absolute atomic E-state index is 0.0195. The van der Waals surface area contributed by atoms with E-state index >= 15 is 0 Å². The zero-order chi connectivity index (χ0) is 13.9. The Morgan fingerprint density at radius 2 is 1.94 bits per heavy atom. The number of carbonyl (C=O) groups excluding carboxylic acids is 1. The zero-order valence-corrected chi connectivity index (χ0v) is 12.5. The van der Waals surface area contributed by atoms with Gasteiger partial charge < -0.3 is 4.90 Å². The highest BCUT2D eigenvalue weighted by molar-refractivity contribution is 6.29. The molecule has 0 atom stereocenters.